The van der Waals surface area contributed by atoms with E-state index in [1.54, 1.807) is 0 Å². The van der Waals surface area contributed by atoms with E-state index in [0.717, 1.165) is 36.4 Å². The van der Waals surface area contributed by atoms with E-state index < -0.39 is 0 Å². The number of hydrogen-bond acceptors (Lipinski definition) is 3. The van der Waals surface area contributed by atoms with Crippen molar-refractivity contribution in [1.29, 1.82) is 0 Å². The molecule has 0 aromatic heterocycles. The molecule has 0 spiro atoms. The highest BCUT2D eigenvalue weighted by molar-refractivity contribution is 5.85. The maximum Gasteiger partial charge on any atom is 0.237 e. The van der Waals surface area contributed by atoms with Crippen LogP contribution in [0.25, 0.3) is 0 Å². The minimum Gasteiger partial charge on any atom is -0.457 e. The van der Waals surface area contributed by atoms with E-state index in [1.807, 2.05) is 54.6 Å². The van der Waals surface area contributed by atoms with Crippen molar-refractivity contribution in [3.05, 3.63) is 60.2 Å². The Morgan fingerprint density at radius 1 is 1.09 bits per heavy atom. The Hall–Kier alpha value is -2.04. The van der Waals surface area contributed by atoms with Crippen molar-refractivity contribution in [3.63, 3.8) is 0 Å². The lowest BCUT2D eigenvalue weighted by molar-refractivity contribution is -0.122. The fraction of sp³-hybridized carbons (Fsp3) is 0.278. The molecule has 5 heteroatoms. The fourth-order valence-corrected chi connectivity index (χ4v) is 2.52. The van der Waals surface area contributed by atoms with Crippen LogP contribution < -0.4 is 15.4 Å². The molecule has 2 aromatic carbocycles. The number of amides is 1. The number of ether oxygens (including phenoxy) is 1. The highest BCUT2D eigenvalue weighted by Gasteiger charge is 2.21. The molecule has 1 unspecified atom stereocenters. The number of carbonyl (C=O) groups is 1. The molecule has 0 aliphatic carbocycles. The zero-order valence-corrected chi connectivity index (χ0v) is 13.6. The normalized spacial score (nSPS) is 16.4. The van der Waals surface area contributed by atoms with Gasteiger partial charge in [-0.15, -0.1) is 12.4 Å². The van der Waals surface area contributed by atoms with Gasteiger partial charge in [-0.25, -0.2) is 0 Å². The monoisotopic (exact) mass is 332 g/mol. The SMILES string of the molecule is Cl.O=C(NCc1ccc(Oc2ccccc2)cc1)C1CCCN1. The third-order valence-corrected chi connectivity index (χ3v) is 3.75. The van der Waals surface area contributed by atoms with Gasteiger partial charge in [0, 0.05) is 6.54 Å². The first-order valence-corrected chi connectivity index (χ1v) is 7.64. The van der Waals surface area contributed by atoms with Crippen LogP contribution in [0.1, 0.15) is 18.4 Å². The van der Waals surface area contributed by atoms with Crippen LogP contribution in [0.4, 0.5) is 0 Å². The van der Waals surface area contributed by atoms with Crippen LogP contribution in [0, 0.1) is 0 Å². The molecule has 1 saturated heterocycles. The first-order chi connectivity index (χ1) is 10.8. The Morgan fingerprint density at radius 3 is 2.43 bits per heavy atom. The maximum absolute atomic E-state index is 11.9. The van der Waals surface area contributed by atoms with Gasteiger partial charge in [-0.05, 0) is 49.2 Å². The summed E-state index contributed by atoms with van der Waals surface area (Å²) in [6.45, 7) is 1.48. The molecule has 3 rings (SSSR count). The van der Waals surface area contributed by atoms with Crippen LogP contribution in [-0.4, -0.2) is 18.5 Å². The molecule has 1 aliphatic rings. The highest BCUT2D eigenvalue weighted by atomic mass is 35.5. The molecule has 2 aromatic rings. The van der Waals surface area contributed by atoms with Crippen molar-refractivity contribution in [2.45, 2.75) is 25.4 Å². The fourth-order valence-electron chi connectivity index (χ4n) is 2.52. The van der Waals surface area contributed by atoms with Crippen molar-refractivity contribution in [1.82, 2.24) is 10.6 Å². The summed E-state index contributed by atoms with van der Waals surface area (Å²) in [5, 5.41) is 6.16. The molecule has 2 N–H and O–H groups in total. The van der Waals surface area contributed by atoms with Crippen LogP contribution in [-0.2, 0) is 11.3 Å². The Balaban J connectivity index is 0.00000192. The molecule has 0 bridgehead atoms. The van der Waals surface area contributed by atoms with E-state index in [9.17, 15) is 4.79 Å². The van der Waals surface area contributed by atoms with E-state index in [2.05, 4.69) is 10.6 Å². The predicted octanol–water partition coefficient (Wildman–Crippen LogP) is 3.27. The molecule has 0 saturated carbocycles. The lowest BCUT2D eigenvalue weighted by Gasteiger charge is -2.11. The number of hydrogen-bond donors (Lipinski definition) is 2. The molecule has 1 aliphatic heterocycles. The van der Waals surface area contributed by atoms with Gasteiger partial charge in [0.2, 0.25) is 5.91 Å². The zero-order chi connectivity index (χ0) is 15.2. The van der Waals surface area contributed by atoms with Gasteiger partial charge in [-0.3, -0.25) is 4.79 Å². The molecule has 1 amide bonds. The van der Waals surface area contributed by atoms with E-state index in [0.29, 0.717) is 6.54 Å². The number of benzene rings is 2. The summed E-state index contributed by atoms with van der Waals surface area (Å²) in [6, 6.07) is 17.4. The molecule has 23 heavy (non-hydrogen) atoms. The maximum atomic E-state index is 11.9. The van der Waals surface area contributed by atoms with Crippen molar-refractivity contribution in [2.24, 2.45) is 0 Å². The molecule has 1 heterocycles. The van der Waals surface area contributed by atoms with Gasteiger partial charge in [0.15, 0.2) is 0 Å². The lowest BCUT2D eigenvalue weighted by Crippen LogP contribution is -2.39. The Kier molecular flexibility index (Phi) is 6.44. The lowest BCUT2D eigenvalue weighted by atomic mass is 10.2. The van der Waals surface area contributed by atoms with Crippen molar-refractivity contribution < 1.29 is 9.53 Å². The van der Waals surface area contributed by atoms with Crippen LogP contribution >= 0.6 is 12.4 Å². The third-order valence-electron chi connectivity index (χ3n) is 3.75. The number of carbonyl (C=O) groups excluding carboxylic acids is 1. The van der Waals surface area contributed by atoms with Crippen molar-refractivity contribution >= 4 is 18.3 Å². The van der Waals surface area contributed by atoms with Gasteiger partial charge in [-0.1, -0.05) is 30.3 Å². The van der Waals surface area contributed by atoms with Crippen LogP contribution in [0.15, 0.2) is 54.6 Å². The third kappa shape index (κ3) is 4.98. The number of rotatable bonds is 5. The van der Waals surface area contributed by atoms with Gasteiger partial charge >= 0.3 is 0 Å². The molecule has 4 nitrogen and oxygen atoms in total. The standard InChI is InChI=1S/C18H20N2O2.ClH/c21-18(17-7-4-12-19-17)20-13-14-8-10-16(11-9-14)22-15-5-2-1-3-6-15;/h1-3,5-6,8-11,17,19H,4,7,12-13H2,(H,20,21);1H. The Bertz CT molecular complexity index is 611. The Morgan fingerprint density at radius 2 is 1.78 bits per heavy atom. The quantitative estimate of drug-likeness (QED) is 0.883. The van der Waals surface area contributed by atoms with E-state index in [4.69, 9.17) is 4.74 Å². The Labute approximate surface area is 142 Å². The van der Waals surface area contributed by atoms with Gasteiger partial charge in [0.1, 0.15) is 11.5 Å². The molecular weight excluding hydrogens is 312 g/mol. The summed E-state index contributed by atoms with van der Waals surface area (Å²) in [6.07, 6.45) is 2.00. The summed E-state index contributed by atoms with van der Waals surface area (Å²) in [5.41, 5.74) is 1.06. The average Bonchev–Trinajstić information content (AvgIpc) is 3.09. The van der Waals surface area contributed by atoms with E-state index >= 15 is 0 Å². The van der Waals surface area contributed by atoms with E-state index in [-0.39, 0.29) is 24.4 Å². The second-order valence-corrected chi connectivity index (χ2v) is 5.43. The second-order valence-electron chi connectivity index (χ2n) is 5.43. The molecule has 1 fully saturated rings. The first kappa shape index (κ1) is 17.3. The topological polar surface area (TPSA) is 50.4 Å². The van der Waals surface area contributed by atoms with Gasteiger partial charge in [0.05, 0.1) is 6.04 Å². The smallest absolute Gasteiger partial charge is 0.237 e. The number of para-hydroxylation sites is 1. The summed E-state index contributed by atoms with van der Waals surface area (Å²) < 4.78 is 5.74. The largest absolute Gasteiger partial charge is 0.457 e. The minimum atomic E-state index is -0.0271. The minimum absolute atomic E-state index is 0. The summed E-state index contributed by atoms with van der Waals surface area (Å²) in [5.74, 6) is 1.69. The second kappa shape index (κ2) is 8.56. The summed E-state index contributed by atoms with van der Waals surface area (Å²) >= 11 is 0. The first-order valence-electron chi connectivity index (χ1n) is 7.64. The van der Waals surface area contributed by atoms with Crippen LogP contribution in [0.3, 0.4) is 0 Å². The van der Waals surface area contributed by atoms with Gasteiger partial charge in [0.25, 0.3) is 0 Å². The molecule has 122 valence electrons. The zero-order valence-electron chi connectivity index (χ0n) is 12.8. The van der Waals surface area contributed by atoms with Crippen molar-refractivity contribution in [2.75, 3.05) is 6.54 Å². The molecule has 1 atom stereocenters. The number of halogens is 1. The van der Waals surface area contributed by atoms with Crippen molar-refractivity contribution in [3.8, 4) is 11.5 Å². The summed E-state index contributed by atoms with van der Waals surface area (Å²) in [4.78, 5) is 11.9. The molecular formula is C18H21ClN2O2. The number of nitrogens with one attached hydrogen (secondary N) is 2. The van der Waals surface area contributed by atoms with Gasteiger partial charge < -0.3 is 15.4 Å². The van der Waals surface area contributed by atoms with Crippen LogP contribution in [0.2, 0.25) is 0 Å². The predicted molar refractivity (Wildman–Crippen MR) is 93.1 cm³/mol. The summed E-state index contributed by atoms with van der Waals surface area (Å²) in [7, 11) is 0. The van der Waals surface area contributed by atoms with Crippen LogP contribution in [0.5, 0.6) is 11.5 Å². The highest BCUT2D eigenvalue weighted by Crippen LogP contribution is 2.21. The van der Waals surface area contributed by atoms with Gasteiger partial charge in [-0.2, -0.15) is 0 Å². The molecule has 0 radical (unpaired) electrons. The average molecular weight is 333 g/mol. The van der Waals surface area contributed by atoms with E-state index in [1.165, 1.54) is 0 Å².